The summed E-state index contributed by atoms with van der Waals surface area (Å²) in [6, 6.07) is 1.83. The Kier molecular flexibility index (Phi) is 4.51. The van der Waals surface area contributed by atoms with Gasteiger partial charge < -0.3 is 5.32 Å². The topological polar surface area (TPSA) is 29.1 Å². The molecular formula is C13H19NOS2. The molecule has 0 spiro atoms. The minimum Gasteiger partial charge on any atom is -0.351 e. The highest BCUT2D eigenvalue weighted by atomic mass is 32.1. The lowest BCUT2D eigenvalue weighted by atomic mass is 9.80. The third kappa shape index (κ3) is 3.49. The van der Waals surface area contributed by atoms with Crippen molar-refractivity contribution in [2.75, 3.05) is 6.54 Å². The van der Waals surface area contributed by atoms with E-state index in [0.717, 1.165) is 22.2 Å². The van der Waals surface area contributed by atoms with E-state index in [0.29, 0.717) is 5.92 Å². The Morgan fingerprint density at radius 1 is 1.53 bits per heavy atom. The highest BCUT2D eigenvalue weighted by Gasteiger charge is 2.21. The average molecular weight is 269 g/mol. The van der Waals surface area contributed by atoms with Crippen LogP contribution in [0.2, 0.25) is 0 Å². The van der Waals surface area contributed by atoms with E-state index in [-0.39, 0.29) is 5.91 Å². The quantitative estimate of drug-likeness (QED) is 0.807. The largest absolute Gasteiger partial charge is 0.351 e. The third-order valence-corrected chi connectivity index (χ3v) is 4.99. The van der Waals surface area contributed by atoms with Gasteiger partial charge in [0.1, 0.15) is 0 Å². The van der Waals surface area contributed by atoms with Gasteiger partial charge in [-0.1, -0.05) is 26.2 Å². The molecule has 1 aromatic heterocycles. The molecule has 1 saturated carbocycles. The minimum absolute atomic E-state index is 0.0491. The van der Waals surface area contributed by atoms with E-state index in [1.165, 1.54) is 37.0 Å². The Morgan fingerprint density at radius 3 is 2.94 bits per heavy atom. The van der Waals surface area contributed by atoms with Gasteiger partial charge in [0.15, 0.2) is 0 Å². The van der Waals surface area contributed by atoms with Crippen LogP contribution < -0.4 is 5.32 Å². The molecular weight excluding hydrogens is 250 g/mol. The van der Waals surface area contributed by atoms with Crippen LogP contribution in [-0.4, -0.2) is 12.5 Å². The molecule has 17 heavy (non-hydrogen) atoms. The van der Waals surface area contributed by atoms with Crippen molar-refractivity contribution in [2.24, 2.45) is 11.8 Å². The lowest BCUT2D eigenvalue weighted by molar-refractivity contribution is 0.0940. The molecule has 2 rings (SSSR count). The number of rotatable bonds is 3. The number of amides is 1. The summed E-state index contributed by atoms with van der Waals surface area (Å²) in [5.41, 5.74) is 0. The lowest BCUT2D eigenvalue weighted by Gasteiger charge is -2.28. The smallest absolute Gasteiger partial charge is 0.261 e. The first-order valence-electron chi connectivity index (χ1n) is 6.22. The predicted molar refractivity (Wildman–Crippen MR) is 75.0 cm³/mol. The minimum atomic E-state index is 0.0491. The van der Waals surface area contributed by atoms with Gasteiger partial charge in [0.25, 0.3) is 5.91 Å². The fraction of sp³-hybridized carbons (Fsp3) is 0.615. The normalized spacial score (nSPS) is 24.6. The summed E-state index contributed by atoms with van der Waals surface area (Å²) in [6.07, 6.45) is 5.22. The van der Waals surface area contributed by atoms with Gasteiger partial charge in [-0.05, 0) is 24.3 Å². The van der Waals surface area contributed by atoms with E-state index in [4.69, 9.17) is 0 Å². The van der Waals surface area contributed by atoms with E-state index >= 15 is 0 Å². The number of hydrogen-bond acceptors (Lipinski definition) is 3. The molecule has 1 aromatic rings. The Balaban J connectivity index is 1.83. The molecule has 1 heterocycles. The van der Waals surface area contributed by atoms with Crippen molar-refractivity contribution >= 4 is 29.9 Å². The summed E-state index contributed by atoms with van der Waals surface area (Å²) in [7, 11) is 0. The third-order valence-electron chi connectivity index (χ3n) is 3.62. The molecule has 0 bridgehead atoms. The number of carbonyl (C=O) groups is 1. The predicted octanol–water partition coefficient (Wildman–Crippen LogP) is 3.59. The van der Waals surface area contributed by atoms with Crippen molar-refractivity contribution < 1.29 is 4.79 Å². The van der Waals surface area contributed by atoms with Gasteiger partial charge >= 0.3 is 0 Å². The fourth-order valence-electron chi connectivity index (χ4n) is 2.45. The van der Waals surface area contributed by atoms with Gasteiger partial charge in [-0.2, -0.15) is 0 Å². The second-order valence-corrected chi connectivity index (χ2v) is 6.33. The van der Waals surface area contributed by atoms with Gasteiger partial charge in [0.2, 0.25) is 0 Å². The van der Waals surface area contributed by atoms with E-state index < -0.39 is 0 Å². The fourth-order valence-corrected chi connectivity index (χ4v) is 3.52. The van der Waals surface area contributed by atoms with Crippen molar-refractivity contribution in [3.05, 3.63) is 16.3 Å². The molecule has 1 aliphatic rings. The summed E-state index contributed by atoms with van der Waals surface area (Å²) >= 11 is 5.67. The maximum atomic E-state index is 11.9. The van der Waals surface area contributed by atoms with Crippen molar-refractivity contribution in [1.82, 2.24) is 5.32 Å². The Bertz CT molecular complexity index is 389. The van der Waals surface area contributed by atoms with Gasteiger partial charge in [-0.25, -0.2) is 0 Å². The SMILES string of the molecule is CC1CCCCC1CNC(=O)c1cc(S)cs1. The zero-order valence-electron chi connectivity index (χ0n) is 10.1. The van der Waals surface area contributed by atoms with Crippen LogP contribution in [0.3, 0.4) is 0 Å². The molecule has 94 valence electrons. The molecule has 2 nitrogen and oxygen atoms in total. The van der Waals surface area contributed by atoms with Gasteiger partial charge in [-0.3, -0.25) is 4.79 Å². The molecule has 0 aromatic carbocycles. The van der Waals surface area contributed by atoms with Crippen molar-refractivity contribution in [2.45, 2.75) is 37.5 Å². The molecule has 0 saturated heterocycles. The molecule has 4 heteroatoms. The highest BCUT2D eigenvalue weighted by Crippen LogP contribution is 2.29. The molecule has 0 aliphatic heterocycles. The van der Waals surface area contributed by atoms with Crippen LogP contribution >= 0.6 is 24.0 Å². The van der Waals surface area contributed by atoms with Gasteiger partial charge in [0.05, 0.1) is 4.88 Å². The summed E-state index contributed by atoms with van der Waals surface area (Å²) < 4.78 is 0. The number of nitrogens with one attached hydrogen (secondary N) is 1. The summed E-state index contributed by atoms with van der Waals surface area (Å²) in [6.45, 7) is 3.12. The summed E-state index contributed by atoms with van der Waals surface area (Å²) in [4.78, 5) is 13.5. The molecule has 1 fully saturated rings. The number of thiophene rings is 1. The zero-order valence-corrected chi connectivity index (χ0v) is 11.8. The monoisotopic (exact) mass is 269 g/mol. The van der Waals surface area contributed by atoms with Gasteiger partial charge in [0, 0.05) is 16.8 Å². The van der Waals surface area contributed by atoms with Gasteiger partial charge in [-0.15, -0.1) is 24.0 Å². The van der Waals surface area contributed by atoms with Crippen molar-refractivity contribution in [3.63, 3.8) is 0 Å². The van der Waals surface area contributed by atoms with Crippen molar-refractivity contribution in [3.8, 4) is 0 Å². The maximum Gasteiger partial charge on any atom is 0.261 e. The number of thiol groups is 1. The first-order chi connectivity index (χ1) is 8.16. The van der Waals surface area contributed by atoms with E-state index in [1.807, 2.05) is 11.4 Å². The highest BCUT2D eigenvalue weighted by molar-refractivity contribution is 7.80. The van der Waals surface area contributed by atoms with Crippen LogP contribution in [0.15, 0.2) is 16.3 Å². The van der Waals surface area contributed by atoms with Crippen molar-refractivity contribution in [1.29, 1.82) is 0 Å². The lowest BCUT2D eigenvalue weighted by Crippen LogP contribution is -2.33. The molecule has 1 N–H and O–H groups in total. The summed E-state index contributed by atoms with van der Waals surface area (Å²) in [5, 5.41) is 4.94. The van der Waals surface area contributed by atoms with E-state index in [2.05, 4.69) is 24.9 Å². The Hall–Kier alpha value is -0.480. The van der Waals surface area contributed by atoms with Crippen LogP contribution in [0.1, 0.15) is 42.3 Å². The second kappa shape index (κ2) is 5.91. The van der Waals surface area contributed by atoms with E-state index in [9.17, 15) is 4.79 Å². The zero-order chi connectivity index (χ0) is 12.3. The van der Waals surface area contributed by atoms with Crippen LogP contribution in [0.25, 0.3) is 0 Å². The van der Waals surface area contributed by atoms with E-state index in [1.54, 1.807) is 0 Å². The van der Waals surface area contributed by atoms with Crippen LogP contribution in [0.5, 0.6) is 0 Å². The number of carbonyl (C=O) groups excluding carboxylic acids is 1. The molecule has 2 atom stereocenters. The standard InChI is InChI=1S/C13H19NOS2/c1-9-4-2-3-5-10(9)7-14-13(15)12-6-11(16)8-17-12/h6,8-10,16H,2-5,7H2,1H3,(H,14,15). The molecule has 1 amide bonds. The second-order valence-electron chi connectivity index (χ2n) is 4.90. The van der Waals surface area contributed by atoms with Crippen LogP contribution in [-0.2, 0) is 0 Å². The van der Waals surface area contributed by atoms with Crippen LogP contribution in [0, 0.1) is 11.8 Å². The number of hydrogen-bond donors (Lipinski definition) is 2. The Morgan fingerprint density at radius 2 is 2.29 bits per heavy atom. The molecule has 0 radical (unpaired) electrons. The summed E-state index contributed by atoms with van der Waals surface area (Å²) in [5.74, 6) is 1.45. The first kappa shape index (κ1) is 13.0. The molecule has 1 aliphatic carbocycles. The average Bonchev–Trinajstić information content (AvgIpc) is 2.74. The molecule has 2 unspecified atom stereocenters. The first-order valence-corrected chi connectivity index (χ1v) is 7.55. The van der Waals surface area contributed by atoms with Crippen LogP contribution in [0.4, 0.5) is 0 Å². The maximum absolute atomic E-state index is 11.9. The Labute approximate surface area is 112 Å².